The molecule has 0 heterocycles. The van der Waals surface area contributed by atoms with E-state index in [-0.39, 0.29) is 55.0 Å². The zero-order valence-corrected chi connectivity index (χ0v) is 23.2. The van der Waals surface area contributed by atoms with Crippen molar-refractivity contribution in [2.45, 2.75) is 51.3 Å². The molecule has 0 bridgehead atoms. The van der Waals surface area contributed by atoms with E-state index in [4.69, 9.17) is 0 Å². The SMILES string of the molecule is Cc1cc(O)c(O)cc1-c1c(S(=O)(=O)c2cc(C)c(O)c(C)c2-c2cc(O)c(O)cc2C)cc(C)c(O)c1C. The number of aromatic hydroxyl groups is 6. The van der Waals surface area contributed by atoms with E-state index < -0.39 is 21.3 Å². The summed E-state index contributed by atoms with van der Waals surface area (Å²) in [6, 6.07) is 7.80. The van der Waals surface area contributed by atoms with Crippen LogP contribution in [-0.2, 0) is 9.84 Å². The van der Waals surface area contributed by atoms with Gasteiger partial charge < -0.3 is 30.6 Å². The maximum atomic E-state index is 14.6. The van der Waals surface area contributed by atoms with Crippen LogP contribution in [-0.4, -0.2) is 39.1 Å². The van der Waals surface area contributed by atoms with Crippen LogP contribution in [0, 0.1) is 41.5 Å². The van der Waals surface area contributed by atoms with Gasteiger partial charge in [-0.3, -0.25) is 0 Å². The van der Waals surface area contributed by atoms with Crippen LogP contribution in [0.15, 0.2) is 46.2 Å². The lowest BCUT2D eigenvalue weighted by molar-refractivity contribution is 0.403. The Bertz CT molecular complexity index is 1660. The van der Waals surface area contributed by atoms with Gasteiger partial charge in [-0.1, -0.05) is 0 Å². The summed E-state index contributed by atoms with van der Waals surface area (Å²) in [5.41, 5.74) is 2.94. The summed E-state index contributed by atoms with van der Waals surface area (Å²) in [5, 5.41) is 62.0. The summed E-state index contributed by atoms with van der Waals surface area (Å²) in [4.78, 5) is -0.315. The largest absolute Gasteiger partial charge is 0.507 e. The molecule has 0 saturated carbocycles. The van der Waals surface area contributed by atoms with Crippen molar-refractivity contribution in [1.82, 2.24) is 0 Å². The number of phenolic OH excluding ortho intramolecular Hbond substituents is 6. The van der Waals surface area contributed by atoms with Crippen LogP contribution < -0.4 is 0 Å². The highest BCUT2D eigenvalue weighted by Gasteiger charge is 2.32. The van der Waals surface area contributed by atoms with Gasteiger partial charge in [-0.25, -0.2) is 8.42 Å². The first-order valence-corrected chi connectivity index (χ1v) is 13.5. The van der Waals surface area contributed by atoms with E-state index >= 15 is 0 Å². The van der Waals surface area contributed by atoms with E-state index in [9.17, 15) is 39.1 Å². The lowest BCUT2D eigenvalue weighted by Crippen LogP contribution is -2.10. The molecule has 9 heteroatoms. The summed E-state index contributed by atoms with van der Waals surface area (Å²) < 4.78 is 29.2. The van der Waals surface area contributed by atoms with Crippen molar-refractivity contribution >= 4 is 9.84 Å². The van der Waals surface area contributed by atoms with Gasteiger partial charge in [0.25, 0.3) is 0 Å². The van der Waals surface area contributed by atoms with Crippen molar-refractivity contribution in [3.8, 4) is 56.8 Å². The number of hydrogen-bond donors (Lipinski definition) is 6. The Kier molecular flexibility index (Phi) is 6.69. The molecular weight excluding hydrogens is 520 g/mol. The molecule has 0 saturated heterocycles. The maximum absolute atomic E-state index is 14.6. The minimum atomic E-state index is -4.41. The third-order valence-electron chi connectivity index (χ3n) is 7.16. The quantitative estimate of drug-likeness (QED) is 0.171. The molecule has 0 aliphatic carbocycles. The van der Waals surface area contributed by atoms with Crippen LogP contribution in [0.25, 0.3) is 22.3 Å². The fourth-order valence-electron chi connectivity index (χ4n) is 4.99. The van der Waals surface area contributed by atoms with E-state index in [0.717, 1.165) is 0 Å². The molecule has 0 atom stereocenters. The van der Waals surface area contributed by atoms with Crippen LogP contribution >= 0.6 is 0 Å². The van der Waals surface area contributed by atoms with Crippen molar-refractivity contribution in [1.29, 1.82) is 0 Å². The fraction of sp³-hybridized carbons (Fsp3) is 0.200. The van der Waals surface area contributed by atoms with E-state index in [1.165, 1.54) is 36.4 Å². The molecule has 4 aromatic rings. The van der Waals surface area contributed by atoms with Crippen molar-refractivity contribution in [3.63, 3.8) is 0 Å². The number of benzene rings is 4. The van der Waals surface area contributed by atoms with E-state index in [1.54, 1.807) is 41.5 Å². The summed E-state index contributed by atoms with van der Waals surface area (Å²) >= 11 is 0. The fourth-order valence-corrected chi connectivity index (χ4v) is 6.95. The highest BCUT2D eigenvalue weighted by atomic mass is 32.2. The first-order valence-electron chi connectivity index (χ1n) is 12.0. The molecule has 0 amide bonds. The molecule has 0 spiro atoms. The van der Waals surface area contributed by atoms with Gasteiger partial charge in [0.15, 0.2) is 23.0 Å². The van der Waals surface area contributed by atoms with Crippen molar-refractivity contribution in [2.75, 3.05) is 0 Å². The van der Waals surface area contributed by atoms with Crippen LogP contribution in [0.4, 0.5) is 0 Å². The average Bonchev–Trinajstić information content (AvgIpc) is 2.85. The Morgan fingerprint density at radius 2 is 0.769 bits per heavy atom. The second-order valence-electron chi connectivity index (χ2n) is 9.90. The Labute approximate surface area is 226 Å². The molecule has 0 aromatic heterocycles. The molecular formula is C30H30O8S. The molecule has 4 rings (SSSR count). The van der Waals surface area contributed by atoms with Crippen LogP contribution in [0.3, 0.4) is 0 Å². The Morgan fingerprint density at radius 3 is 1.10 bits per heavy atom. The smallest absolute Gasteiger partial charge is 0.207 e. The number of phenols is 6. The third-order valence-corrected chi connectivity index (χ3v) is 8.96. The summed E-state index contributed by atoms with van der Waals surface area (Å²) in [6.07, 6.45) is 0. The Morgan fingerprint density at radius 1 is 0.462 bits per heavy atom. The maximum Gasteiger partial charge on any atom is 0.207 e. The zero-order chi connectivity index (χ0) is 29.1. The highest BCUT2D eigenvalue weighted by Crippen LogP contribution is 2.47. The molecule has 0 unspecified atom stereocenters. The number of rotatable bonds is 4. The van der Waals surface area contributed by atoms with Gasteiger partial charge in [-0.2, -0.15) is 0 Å². The summed E-state index contributed by atoms with van der Waals surface area (Å²) in [5.74, 6) is -1.88. The highest BCUT2D eigenvalue weighted by molar-refractivity contribution is 7.91. The molecule has 0 radical (unpaired) electrons. The molecule has 8 nitrogen and oxygen atoms in total. The van der Waals surface area contributed by atoms with Crippen LogP contribution in [0.1, 0.15) is 33.4 Å². The predicted molar refractivity (Wildman–Crippen MR) is 148 cm³/mol. The normalized spacial score (nSPS) is 11.6. The summed E-state index contributed by atoms with van der Waals surface area (Å²) in [7, 11) is -4.41. The van der Waals surface area contributed by atoms with Crippen LogP contribution in [0.2, 0.25) is 0 Å². The van der Waals surface area contributed by atoms with Gasteiger partial charge in [0.2, 0.25) is 9.84 Å². The molecule has 204 valence electrons. The minimum absolute atomic E-state index is 0.117. The van der Waals surface area contributed by atoms with Gasteiger partial charge >= 0.3 is 0 Å². The second-order valence-corrected chi connectivity index (χ2v) is 11.8. The van der Waals surface area contributed by atoms with Gasteiger partial charge in [0.05, 0.1) is 9.79 Å². The van der Waals surface area contributed by atoms with Gasteiger partial charge in [0.1, 0.15) is 11.5 Å². The second kappa shape index (κ2) is 9.43. The molecule has 6 N–H and O–H groups in total. The first kappa shape index (κ1) is 27.7. The lowest BCUT2D eigenvalue weighted by Gasteiger charge is -2.22. The number of hydrogen-bond acceptors (Lipinski definition) is 8. The zero-order valence-electron chi connectivity index (χ0n) is 22.4. The summed E-state index contributed by atoms with van der Waals surface area (Å²) in [6.45, 7) is 9.56. The monoisotopic (exact) mass is 550 g/mol. The minimum Gasteiger partial charge on any atom is -0.507 e. The molecule has 39 heavy (non-hydrogen) atoms. The molecule has 0 fully saturated rings. The molecule has 4 aromatic carbocycles. The van der Waals surface area contributed by atoms with E-state index in [2.05, 4.69) is 0 Å². The standard InChI is InChI=1S/C30H30O8S/c1-13-7-21(31)23(33)11-19(13)27-17(5)29(35)15(3)9-25(27)39(37,38)26-10-16(4)30(36)18(6)28(26)20-12-24(34)22(32)8-14(20)2/h7-12,31-36H,1-6H3. The van der Waals surface area contributed by atoms with E-state index in [1.807, 2.05) is 0 Å². The van der Waals surface area contributed by atoms with Crippen molar-refractivity contribution in [2.24, 2.45) is 0 Å². The first-order chi connectivity index (χ1) is 18.1. The Hall–Kier alpha value is -4.37. The van der Waals surface area contributed by atoms with Gasteiger partial charge in [-0.05, 0) is 111 Å². The predicted octanol–water partition coefficient (Wildman–Crippen LogP) is 5.94. The van der Waals surface area contributed by atoms with Gasteiger partial charge in [-0.15, -0.1) is 0 Å². The third kappa shape index (κ3) is 4.38. The van der Waals surface area contributed by atoms with E-state index in [0.29, 0.717) is 33.4 Å². The van der Waals surface area contributed by atoms with Crippen molar-refractivity contribution < 1.29 is 39.1 Å². The average molecular weight is 551 g/mol. The van der Waals surface area contributed by atoms with Crippen molar-refractivity contribution in [3.05, 3.63) is 69.8 Å². The number of aryl methyl sites for hydroxylation is 4. The lowest BCUT2D eigenvalue weighted by atomic mass is 9.93. The molecule has 0 aliphatic heterocycles. The Balaban J connectivity index is 2.18. The van der Waals surface area contributed by atoms with Gasteiger partial charge in [0, 0.05) is 22.3 Å². The van der Waals surface area contributed by atoms with Crippen LogP contribution in [0.5, 0.6) is 34.5 Å². The number of sulfone groups is 1. The topological polar surface area (TPSA) is 156 Å². The molecule has 0 aliphatic rings.